The van der Waals surface area contributed by atoms with Gasteiger partial charge in [0.1, 0.15) is 17.4 Å². The number of benzene rings is 3. The van der Waals surface area contributed by atoms with E-state index in [2.05, 4.69) is 10.6 Å². The minimum absolute atomic E-state index is 0.0153. The third-order valence-electron chi connectivity index (χ3n) is 4.91. The number of rotatable bonds is 8. The Morgan fingerprint density at radius 3 is 2.30 bits per heavy atom. The Bertz CT molecular complexity index is 1160. The second-order valence-electron chi connectivity index (χ2n) is 7.55. The SMILES string of the molecule is Cc1ccc(NC(=O)/C(C#N)=C/c2ccc(OCC(=O)N[C@H](C)c3ccccc3)cc2)cc1. The number of carbonyl (C=O) groups excluding carboxylic acids is 2. The van der Waals surface area contributed by atoms with Crippen molar-refractivity contribution in [2.75, 3.05) is 11.9 Å². The zero-order valence-corrected chi connectivity index (χ0v) is 18.5. The van der Waals surface area contributed by atoms with Gasteiger partial charge in [0, 0.05) is 5.69 Å². The lowest BCUT2D eigenvalue weighted by atomic mass is 10.1. The maximum atomic E-state index is 12.4. The van der Waals surface area contributed by atoms with E-state index in [1.54, 1.807) is 36.4 Å². The summed E-state index contributed by atoms with van der Waals surface area (Å²) < 4.78 is 5.55. The predicted molar refractivity (Wildman–Crippen MR) is 128 cm³/mol. The van der Waals surface area contributed by atoms with Gasteiger partial charge in [0.05, 0.1) is 6.04 Å². The van der Waals surface area contributed by atoms with Crippen LogP contribution in [0.5, 0.6) is 5.75 Å². The first-order valence-electron chi connectivity index (χ1n) is 10.5. The molecule has 6 nitrogen and oxygen atoms in total. The quantitative estimate of drug-likeness (QED) is 0.390. The first-order valence-corrected chi connectivity index (χ1v) is 10.5. The van der Waals surface area contributed by atoms with Gasteiger partial charge in [-0.1, -0.05) is 60.2 Å². The monoisotopic (exact) mass is 439 g/mol. The summed E-state index contributed by atoms with van der Waals surface area (Å²) in [5, 5.41) is 15.0. The Kier molecular flexibility index (Phi) is 7.98. The second-order valence-corrected chi connectivity index (χ2v) is 7.55. The smallest absolute Gasteiger partial charge is 0.266 e. The van der Waals surface area contributed by atoms with Crippen LogP contribution in [0.4, 0.5) is 5.69 Å². The summed E-state index contributed by atoms with van der Waals surface area (Å²) in [6.07, 6.45) is 1.50. The van der Waals surface area contributed by atoms with E-state index in [1.165, 1.54) is 6.08 Å². The van der Waals surface area contributed by atoms with Gasteiger partial charge in [0.15, 0.2) is 6.61 Å². The number of nitrogens with one attached hydrogen (secondary N) is 2. The summed E-state index contributed by atoms with van der Waals surface area (Å²) in [6, 6.07) is 25.6. The maximum absolute atomic E-state index is 12.4. The van der Waals surface area contributed by atoms with Crippen LogP contribution in [0.2, 0.25) is 0 Å². The van der Waals surface area contributed by atoms with E-state index in [1.807, 2.05) is 62.4 Å². The normalized spacial score (nSPS) is 11.7. The Labute approximate surface area is 193 Å². The van der Waals surface area contributed by atoms with Crippen molar-refractivity contribution in [3.8, 4) is 11.8 Å². The van der Waals surface area contributed by atoms with Crippen LogP contribution in [0.25, 0.3) is 6.08 Å². The van der Waals surface area contributed by atoms with E-state index in [4.69, 9.17) is 4.74 Å². The molecule has 0 saturated carbocycles. The molecule has 3 rings (SSSR count). The van der Waals surface area contributed by atoms with E-state index in [0.29, 0.717) is 17.0 Å². The molecular formula is C27H25N3O3. The van der Waals surface area contributed by atoms with Crippen molar-refractivity contribution in [1.29, 1.82) is 5.26 Å². The molecule has 0 radical (unpaired) electrons. The Hall–Kier alpha value is -4.37. The molecule has 6 heteroatoms. The van der Waals surface area contributed by atoms with Crippen LogP contribution in [-0.4, -0.2) is 18.4 Å². The van der Waals surface area contributed by atoms with Gasteiger partial charge in [0.2, 0.25) is 0 Å². The van der Waals surface area contributed by atoms with Crippen LogP contribution in [0.15, 0.2) is 84.4 Å². The molecule has 0 aliphatic carbocycles. The Morgan fingerprint density at radius 2 is 1.67 bits per heavy atom. The number of nitrogens with zero attached hydrogens (tertiary/aromatic N) is 1. The number of carbonyl (C=O) groups is 2. The van der Waals surface area contributed by atoms with E-state index >= 15 is 0 Å². The fourth-order valence-corrected chi connectivity index (χ4v) is 3.07. The lowest BCUT2D eigenvalue weighted by Gasteiger charge is -2.14. The largest absolute Gasteiger partial charge is 0.484 e. The highest BCUT2D eigenvalue weighted by Crippen LogP contribution is 2.16. The average Bonchev–Trinajstić information content (AvgIpc) is 2.83. The lowest BCUT2D eigenvalue weighted by molar-refractivity contribution is -0.123. The number of anilines is 1. The van der Waals surface area contributed by atoms with Gasteiger partial charge < -0.3 is 15.4 Å². The minimum Gasteiger partial charge on any atom is -0.484 e. The molecule has 0 aliphatic heterocycles. The molecule has 33 heavy (non-hydrogen) atoms. The number of hydrogen-bond acceptors (Lipinski definition) is 4. The van der Waals surface area contributed by atoms with Crippen LogP contribution in [0, 0.1) is 18.3 Å². The van der Waals surface area contributed by atoms with Crippen LogP contribution < -0.4 is 15.4 Å². The highest BCUT2D eigenvalue weighted by atomic mass is 16.5. The van der Waals surface area contributed by atoms with E-state index in [0.717, 1.165) is 11.1 Å². The van der Waals surface area contributed by atoms with Crippen molar-refractivity contribution in [2.45, 2.75) is 19.9 Å². The molecule has 2 N–H and O–H groups in total. The highest BCUT2D eigenvalue weighted by molar-refractivity contribution is 6.09. The summed E-state index contributed by atoms with van der Waals surface area (Å²) in [7, 11) is 0. The van der Waals surface area contributed by atoms with Crippen molar-refractivity contribution in [3.63, 3.8) is 0 Å². The molecule has 0 spiro atoms. The molecule has 3 aromatic rings. The Balaban J connectivity index is 1.54. The van der Waals surface area contributed by atoms with Crippen LogP contribution in [0.3, 0.4) is 0 Å². The van der Waals surface area contributed by atoms with Gasteiger partial charge in [-0.15, -0.1) is 0 Å². The first-order chi connectivity index (χ1) is 15.9. The molecule has 0 aliphatic rings. The number of ether oxygens (including phenoxy) is 1. The first kappa shape index (κ1) is 23.3. The molecule has 166 valence electrons. The second kappa shape index (κ2) is 11.3. The summed E-state index contributed by atoms with van der Waals surface area (Å²) in [5.74, 6) is -0.196. The highest BCUT2D eigenvalue weighted by Gasteiger charge is 2.11. The molecule has 0 aromatic heterocycles. The van der Waals surface area contributed by atoms with Crippen molar-refractivity contribution < 1.29 is 14.3 Å². The molecule has 0 bridgehead atoms. The van der Waals surface area contributed by atoms with Gasteiger partial charge in [-0.2, -0.15) is 5.26 Å². The van der Waals surface area contributed by atoms with E-state index in [9.17, 15) is 14.9 Å². The summed E-state index contributed by atoms with van der Waals surface area (Å²) in [6.45, 7) is 3.75. The van der Waals surface area contributed by atoms with Crippen LogP contribution in [0.1, 0.15) is 29.7 Å². The summed E-state index contributed by atoms with van der Waals surface area (Å²) >= 11 is 0. The van der Waals surface area contributed by atoms with Gasteiger partial charge in [-0.3, -0.25) is 9.59 Å². The number of hydrogen-bond donors (Lipinski definition) is 2. The summed E-state index contributed by atoms with van der Waals surface area (Å²) in [5.41, 5.74) is 3.37. The van der Waals surface area contributed by atoms with Gasteiger partial charge in [0.25, 0.3) is 11.8 Å². The fourth-order valence-electron chi connectivity index (χ4n) is 3.07. The minimum atomic E-state index is -0.481. The zero-order valence-electron chi connectivity index (χ0n) is 18.5. The third kappa shape index (κ3) is 7.08. The average molecular weight is 440 g/mol. The topological polar surface area (TPSA) is 91.2 Å². The molecule has 0 unspecified atom stereocenters. The van der Waals surface area contributed by atoms with E-state index in [-0.39, 0.29) is 24.1 Å². The third-order valence-corrected chi connectivity index (χ3v) is 4.91. The molecule has 0 saturated heterocycles. The van der Waals surface area contributed by atoms with Gasteiger partial charge in [-0.25, -0.2) is 0 Å². The van der Waals surface area contributed by atoms with Crippen molar-refractivity contribution in [1.82, 2.24) is 5.32 Å². The molecule has 0 heterocycles. The summed E-state index contributed by atoms with van der Waals surface area (Å²) in [4.78, 5) is 24.6. The Morgan fingerprint density at radius 1 is 1.00 bits per heavy atom. The lowest BCUT2D eigenvalue weighted by Crippen LogP contribution is -2.31. The van der Waals surface area contributed by atoms with Crippen LogP contribution >= 0.6 is 0 Å². The number of aryl methyl sites for hydroxylation is 1. The zero-order chi connectivity index (χ0) is 23.6. The molecule has 2 amide bonds. The van der Waals surface area contributed by atoms with Crippen molar-refractivity contribution in [3.05, 3.63) is 101 Å². The van der Waals surface area contributed by atoms with Gasteiger partial charge in [-0.05, 0) is 55.3 Å². The molecule has 3 aromatic carbocycles. The molecule has 1 atom stereocenters. The van der Waals surface area contributed by atoms with Gasteiger partial charge >= 0.3 is 0 Å². The number of nitriles is 1. The van der Waals surface area contributed by atoms with Crippen molar-refractivity contribution in [2.24, 2.45) is 0 Å². The predicted octanol–water partition coefficient (Wildman–Crippen LogP) is 4.80. The van der Waals surface area contributed by atoms with Crippen molar-refractivity contribution >= 4 is 23.6 Å². The standard InChI is InChI=1S/C27H25N3O3/c1-19-8-12-24(13-9-19)30-27(32)23(17-28)16-21-10-14-25(15-11-21)33-18-26(31)29-20(2)22-6-4-3-5-7-22/h3-16,20H,18H2,1-2H3,(H,29,31)(H,30,32)/b23-16+/t20-/m1/s1. The molecule has 0 fully saturated rings. The fraction of sp³-hybridized carbons (Fsp3) is 0.148. The van der Waals surface area contributed by atoms with E-state index < -0.39 is 5.91 Å². The molecular weight excluding hydrogens is 414 g/mol. The van der Waals surface area contributed by atoms with Crippen LogP contribution in [-0.2, 0) is 9.59 Å². The number of amides is 2. The maximum Gasteiger partial charge on any atom is 0.266 e.